The van der Waals surface area contributed by atoms with E-state index in [9.17, 15) is 8.42 Å². The first-order valence-electron chi connectivity index (χ1n) is 6.50. The molecule has 1 atom stereocenters. The molecule has 0 aromatic rings. The lowest BCUT2D eigenvalue weighted by Gasteiger charge is -2.44. The largest absolute Gasteiger partial charge is 0.309 e. The van der Waals surface area contributed by atoms with Crippen LogP contribution in [0.15, 0.2) is 0 Å². The zero-order valence-corrected chi connectivity index (χ0v) is 13.2. The third kappa shape index (κ3) is 3.66. The van der Waals surface area contributed by atoms with Crippen LogP contribution < -0.4 is 5.32 Å². The van der Waals surface area contributed by atoms with E-state index in [1.807, 2.05) is 13.8 Å². The van der Waals surface area contributed by atoms with E-state index in [2.05, 4.69) is 19.2 Å². The number of piperazine rings is 1. The van der Waals surface area contributed by atoms with Crippen molar-refractivity contribution in [3.05, 3.63) is 0 Å². The number of nitrogens with zero attached hydrogens (tertiary/aromatic N) is 2. The fourth-order valence-electron chi connectivity index (χ4n) is 2.30. The Hall–Kier alpha value is -0.170. The van der Waals surface area contributed by atoms with Gasteiger partial charge in [0.25, 0.3) is 10.2 Å². The van der Waals surface area contributed by atoms with Crippen LogP contribution in [0.2, 0.25) is 0 Å². The maximum atomic E-state index is 12.4. The molecular weight excluding hydrogens is 250 g/mol. The van der Waals surface area contributed by atoms with E-state index in [0.29, 0.717) is 12.5 Å². The molecule has 6 heteroatoms. The fraction of sp³-hybridized carbons (Fsp3) is 1.00. The maximum absolute atomic E-state index is 12.4. The molecule has 0 radical (unpaired) electrons. The predicted molar refractivity (Wildman–Crippen MR) is 74.6 cm³/mol. The Labute approximate surface area is 112 Å². The summed E-state index contributed by atoms with van der Waals surface area (Å²) in [5.41, 5.74) is -0.170. The van der Waals surface area contributed by atoms with Crippen LogP contribution in [-0.4, -0.2) is 55.8 Å². The molecule has 0 spiro atoms. The summed E-state index contributed by atoms with van der Waals surface area (Å²) >= 11 is 0. The van der Waals surface area contributed by atoms with Crippen molar-refractivity contribution in [2.24, 2.45) is 5.92 Å². The Morgan fingerprint density at radius 2 is 1.94 bits per heavy atom. The second kappa shape index (κ2) is 5.45. The zero-order valence-electron chi connectivity index (χ0n) is 12.4. The molecule has 0 amide bonds. The lowest BCUT2D eigenvalue weighted by Crippen LogP contribution is -2.64. The van der Waals surface area contributed by atoms with Gasteiger partial charge in [0.2, 0.25) is 0 Å². The molecule has 0 saturated carbocycles. The van der Waals surface area contributed by atoms with Gasteiger partial charge in [-0.3, -0.25) is 0 Å². The van der Waals surface area contributed by atoms with Gasteiger partial charge in [0, 0.05) is 38.8 Å². The highest BCUT2D eigenvalue weighted by Gasteiger charge is 2.40. The van der Waals surface area contributed by atoms with Crippen LogP contribution in [-0.2, 0) is 10.2 Å². The topological polar surface area (TPSA) is 52.7 Å². The third-order valence-corrected chi connectivity index (χ3v) is 5.22. The molecule has 0 aliphatic carbocycles. The van der Waals surface area contributed by atoms with E-state index in [0.717, 1.165) is 13.0 Å². The molecule has 1 heterocycles. The molecule has 1 fully saturated rings. The molecule has 1 aliphatic heterocycles. The predicted octanol–water partition coefficient (Wildman–Crippen LogP) is 0.891. The summed E-state index contributed by atoms with van der Waals surface area (Å²) in [5.74, 6) is 0.484. The zero-order chi connectivity index (χ0) is 14.1. The van der Waals surface area contributed by atoms with E-state index in [1.165, 1.54) is 4.31 Å². The summed E-state index contributed by atoms with van der Waals surface area (Å²) < 4.78 is 27.7. The lowest BCUT2D eigenvalue weighted by atomic mass is 9.96. The fourth-order valence-corrected chi connectivity index (χ4v) is 3.74. The van der Waals surface area contributed by atoms with Gasteiger partial charge in [0.15, 0.2) is 0 Å². The third-order valence-electron chi connectivity index (χ3n) is 3.28. The van der Waals surface area contributed by atoms with Gasteiger partial charge >= 0.3 is 0 Å². The quantitative estimate of drug-likeness (QED) is 0.830. The van der Waals surface area contributed by atoms with Crippen molar-refractivity contribution in [2.75, 3.05) is 27.2 Å². The highest BCUT2D eigenvalue weighted by Crippen LogP contribution is 2.23. The first kappa shape index (κ1) is 15.9. The van der Waals surface area contributed by atoms with Crippen molar-refractivity contribution in [1.29, 1.82) is 0 Å². The minimum atomic E-state index is -3.34. The molecule has 1 rings (SSSR count). The molecular formula is C12H27N3O2S. The average molecular weight is 277 g/mol. The van der Waals surface area contributed by atoms with Crippen molar-refractivity contribution in [3.63, 3.8) is 0 Å². The molecule has 0 aromatic heterocycles. The summed E-state index contributed by atoms with van der Waals surface area (Å²) in [5, 5.41) is 3.43. The molecule has 1 saturated heterocycles. The Balaban J connectivity index is 2.98. The van der Waals surface area contributed by atoms with Crippen molar-refractivity contribution < 1.29 is 8.42 Å². The second-order valence-electron chi connectivity index (χ2n) is 6.38. The summed E-state index contributed by atoms with van der Waals surface area (Å²) in [6, 6.07) is 0.0467. The van der Waals surface area contributed by atoms with Gasteiger partial charge < -0.3 is 5.32 Å². The van der Waals surface area contributed by atoms with E-state index >= 15 is 0 Å². The van der Waals surface area contributed by atoms with E-state index in [4.69, 9.17) is 0 Å². The molecule has 1 aliphatic rings. The molecule has 1 N–H and O–H groups in total. The van der Waals surface area contributed by atoms with Gasteiger partial charge in [-0.05, 0) is 26.2 Å². The van der Waals surface area contributed by atoms with Crippen molar-refractivity contribution in [2.45, 2.75) is 45.7 Å². The molecule has 108 valence electrons. The standard InChI is InChI=1S/C12H27N3O2S/c1-10(2)7-11-8-13-12(3,4)9-15(11)18(16,17)14(5)6/h10-11,13H,7-9H2,1-6H3. The minimum Gasteiger partial charge on any atom is -0.309 e. The van der Waals surface area contributed by atoms with Crippen LogP contribution in [0.1, 0.15) is 34.1 Å². The van der Waals surface area contributed by atoms with Gasteiger partial charge in [-0.2, -0.15) is 17.0 Å². The summed E-state index contributed by atoms with van der Waals surface area (Å²) in [4.78, 5) is 0. The van der Waals surface area contributed by atoms with Gasteiger partial charge in [0.1, 0.15) is 0 Å². The average Bonchev–Trinajstić information content (AvgIpc) is 2.19. The van der Waals surface area contributed by atoms with Crippen LogP contribution in [0.4, 0.5) is 0 Å². The van der Waals surface area contributed by atoms with E-state index in [1.54, 1.807) is 18.4 Å². The van der Waals surface area contributed by atoms with Gasteiger partial charge in [0.05, 0.1) is 0 Å². The Morgan fingerprint density at radius 3 is 2.39 bits per heavy atom. The van der Waals surface area contributed by atoms with Gasteiger partial charge in [-0.15, -0.1) is 0 Å². The van der Waals surface area contributed by atoms with Crippen LogP contribution in [0.3, 0.4) is 0 Å². The Morgan fingerprint density at radius 1 is 1.39 bits per heavy atom. The molecule has 0 aromatic carbocycles. The molecule has 18 heavy (non-hydrogen) atoms. The highest BCUT2D eigenvalue weighted by molar-refractivity contribution is 7.86. The van der Waals surface area contributed by atoms with Gasteiger partial charge in [-0.25, -0.2) is 0 Å². The molecule has 1 unspecified atom stereocenters. The highest BCUT2D eigenvalue weighted by atomic mass is 32.2. The minimum absolute atomic E-state index is 0.0467. The van der Waals surface area contributed by atoms with Crippen LogP contribution >= 0.6 is 0 Å². The number of hydrogen-bond acceptors (Lipinski definition) is 3. The maximum Gasteiger partial charge on any atom is 0.281 e. The summed E-state index contributed by atoms with van der Waals surface area (Å²) in [7, 11) is -0.151. The monoisotopic (exact) mass is 277 g/mol. The van der Waals surface area contributed by atoms with Crippen molar-refractivity contribution >= 4 is 10.2 Å². The number of hydrogen-bond donors (Lipinski definition) is 1. The van der Waals surface area contributed by atoms with E-state index in [-0.39, 0.29) is 11.6 Å². The smallest absolute Gasteiger partial charge is 0.281 e. The molecule has 0 bridgehead atoms. The van der Waals surface area contributed by atoms with Gasteiger partial charge in [-0.1, -0.05) is 13.8 Å². The van der Waals surface area contributed by atoms with Crippen LogP contribution in [0, 0.1) is 5.92 Å². The summed E-state index contributed by atoms with van der Waals surface area (Å²) in [6.07, 6.45) is 0.885. The number of nitrogens with one attached hydrogen (secondary N) is 1. The number of rotatable bonds is 4. The Bertz CT molecular complexity index is 377. The normalized spacial score (nSPS) is 25.9. The Kier molecular flexibility index (Phi) is 4.81. The van der Waals surface area contributed by atoms with Crippen LogP contribution in [0.5, 0.6) is 0 Å². The van der Waals surface area contributed by atoms with Crippen molar-refractivity contribution in [3.8, 4) is 0 Å². The molecule has 5 nitrogen and oxygen atoms in total. The second-order valence-corrected chi connectivity index (χ2v) is 8.48. The first-order chi connectivity index (χ1) is 8.06. The SMILES string of the molecule is CC(C)CC1CNC(C)(C)CN1S(=O)(=O)N(C)C. The van der Waals surface area contributed by atoms with Crippen LogP contribution in [0.25, 0.3) is 0 Å². The van der Waals surface area contributed by atoms with Crippen molar-refractivity contribution in [1.82, 2.24) is 13.9 Å². The first-order valence-corrected chi connectivity index (χ1v) is 7.90. The lowest BCUT2D eigenvalue weighted by molar-refractivity contribution is 0.152. The summed E-state index contributed by atoms with van der Waals surface area (Å²) in [6.45, 7) is 9.57. The van der Waals surface area contributed by atoms with E-state index < -0.39 is 10.2 Å².